The number of thioether (sulfide) groups is 1. The molecule has 0 bridgehead atoms. The van der Waals surface area contributed by atoms with Gasteiger partial charge in [0.15, 0.2) is 5.82 Å². The molecule has 1 unspecified atom stereocenters. The van der Waals surface area contributed by atoms with Crippen molar-refractivity contribution in [2.24, 2.45) is 7.05 Å². The van der Waals surface area contributed by atoms with E-state index < -0.39 is 5.60 Å². The number of hydrogen-bond donors (Lipinski definition) is 0. The number of benzene rings is 1. The Bertz CT molecular complexity index is 1350. The maximum atomic E-state index is 13.2. The average Bonchev–Trinajstić information content (AvgIpc) is 3.48. The summed E-state index contributed by atoms with van der Waals surface area (Å²) in [6.07, 6.45) is 6.36. The lowest BCUT2D eigenvalue weighted by atomic mass is 9.94. The Labute approximate surface area is 213 Å². The lowest BCUT2D eigenvalue weighted by Crippen LogP contribution is -2.32. The van der Waals surface area contributed by atoms with Crippen LogP contribution in [0.25, 0.3) is 11.4 Å². The van der Waals surface area contributed by atoms with E-state index in [-0.39, 0.29) is 17.5 Å². The van der Waals surface area contributed by atoms with Crippen LogP contribution in [0.5, 0.6) is 11.6 Å². The van der Waals surface area contributed by atoms with Crippen molar-refractivity contribution in [2.75, 3.05) is 0 Å². The highest BCUT2D eigenvalue weighted by molar-refractivity contribution is 7.98. The molecule has 1 aliphatic heterocycles. The molecule has 4 aromatic rings. The summed E-state index contributed by atoms with van der Waals surface area (Å²) in [7, 11) is 1.90. The molecule has 36 heavy (non-hydrogen) atoms. The number of ether oxygens (including phenoxy) is 2. The number of nitrogens with zero attached hydrogens (tertiary/aromatic N) is 6. The normalized spacial score (nSPS) is 18.4. The summed E-state index contributed by atoms with van der Waals surface area (Å²) in [5.41, 5.74) is 0.131. The Kier molecular flexibility index (Phi) is 6.34. The maximum Gasteiger partial charge on any atom is 0.219 e. The fraction of sp³-hybridized carbons (Fsp3) is 0.385. The van der Waals surface area contributed by atoms with Crippen molar-refractivity contribution in [2.45, 2.75) is 62.0 Å². The van der Waals surface area contributed by atoms with Crippen molar-refractivity contribution in [3.8, 4) is 23.0 Å². The molecule has 10 heteroatoms. The number of rotatable bonds is 7. The summed E-state index contributed by atoms with van der Waals surface area (Å²) in [5, 5.41) is 9.19. The average molecular weight is 509 g/mol. The predicted molar refractivity (Wildman–Crippen MR) is 135 cm³/mol. The van der Waals surface area contributed by atoms with Crippen LogP contribution in [0.15, 0.2) is 59.9 Å². The van der Waals surface area contributed by atoms with Gasteiger partial charge in [-0.1, -0.05) is 0 Å². The van der Waals surface area contributed by atoms with Crippen LogP contribution in [0.2, 0.25) is 0 Å². The molecule has 0 N–H and O–H groups in total. The third-order valence-electron chi connectivity index (χ3n) is 6.10. The molecule has 1 fully saturated rings. The Morgan fingerprint density at radius 3 is 2.50 bits per heavy atom. The van der Waals surface area contributed by atoms with Gasteiger partial charge in [0.2, 0.25) is 5.88 Å². The third-order valence-corrected chi connectivity index (χ3v) is 7.05. The van der Waals surface area contributed by atoms with E-state index in [1.54, 1.807) is 40.8 Å². The van der Waals surface area contributed by atoms with Crippen molar-refractivity contribution in [3.05, 3.63) is 66.6 Å². The van der Waals surface area contributed by atoms with Gasteiger partial charge in [-0.3, -0.25) is 4.68 Å². The zero-order chi connectivity index (χ0) is 25.5. The fourth-order valence-electron chi connectivity index (χ4n) is 4.56. The van der Waals surface area contributed by atoms with Crippen molar-refractivity contribution in [1.29, 1.82) is 0 Å². The van der Waals surface area contributed by atoms with Crippen molar-refractivity contribution < 1.29 is 13.9 Å². The molecular formula is C26H29FN6O2S. The quantitative estimate of drug-likeness (QED) is 0.291. The standard InChI is InChI=1S/C26H29FN6O2S/c1-25(2)12-21(26(3,4)35-25)33-22(16-36-20-14-29-32(5)15-20)30-24(31-33)17-6-11-23(28-13-17)34-19-9-7-18(27)8-10-19/h6-11,13-15,21H,12,16H2,1-5H3. The molecule has 1 saturated heterocycles. The second-order valence-electron chi connectivity index (χ2n) is 10.1. The SMILES string of the molecule is Cn1cc(SCc2nc(-c3ccc(Oc4ccc(F)cc4)nc3)nn2C2CC(C)(C)OC2(C)C)cn1. The summed E-state index contributed by atoms with van der Waals surface area (Å²) in [5.74, 6) is 2.71. The molecular weight excluding hydrogens is 479 g/mol. The van der Waals surface area contributed by atoms with E-state index >= 15 is 0 Å². The highest BCUT2D eigenvalue weighted by Gasteiger charge is 2.48. The van der Waals surface area contributed by atoms with Gasteiger partial charge in [0, 0.05) is 42.4 Å². The molecule has 5 rings (SSSR count). The van der Waals surface area contributed by atoms with Gasteiger partial charge in [0.05, 0.1) is 29.2 Å². The van der Waals surface area contributed by atoms with Crippen LogP contribution in [-0.4, -0.2) is 40.7 Å². The molecule has 0 radical (unpaired) electrons. The van der Waals surface area contributed by atoms with E-state index in [1.165, 1.54) is 12.1 Å². The van der Waals surface area contributed by atoms with Crippen LogP contribution in [0, 0.1) is 5.82 Å². The highest BCUT2D eigenvalue weighted by atomic mass is 32.2. The molecule has 0 amide bonds. The van der Waals surface area contributed by atoms with Crippen LogP contribution in [-0.2, 0) is 17.5 Å². The number of aromatic nitrogens is 6. The van der Waals surface area contributed by atoms with Crippen LogP contribution >= 0.6 is 11.8 Å². The molecule has 3 aromatic heterocycles. The minimum atomic E-state index is -0.396. The van der Waals surface area contributed by atoms with Crippen LogP contribution in [0.3, 0.4) is 0 Å². The zero-order valence-corrected chi connectivity index (χ0v) is 21.8. The Morgan fingerprint density at radius 1 is 1.11 bits per heavy atom. The predicted octanol–water partition coefficient (Wildman–Crippen LogP) is 5.82. The van der Waals surface area contributed by atoms with Gasteiger partial charge in [0.1, 0.15) is 17.4 Å². The van der Waals surface area contributed by atoms with Crippen LogP contribution in [0.1, 0.15) is 46.0 Å². The number of hydrogen-bond acceptors (Lipinski definition) is 7. The van der Waals surface area contributed by atoms with Crippen LogP contribution < -0.4 is 4.74 Å². The summed E-state index contributed by atoms with van der Waals surface area (Å²) in [6.45, 7) is 8.44. The fourth-order valence-corrected chi connectivity index (χ4v) is 5.40. The van der Waals surface area contributed by atoms with Crippen LogP contribution in [0.4, 0.5) is 4.39 Å². The number of halogens is 1. The molecule has 1 atom stereocenters. The van der Waals surface area contributed by atoms with Gasteiger partial charge >= 0.3 is 0 Å². The van der Waals surface area contributed by atoms with Gasteiger partial charge < -0.3 is 9.47 Å². The number of pyridine rings is 1. The Morgan fingerprint density at radius 2 is 1.89 bits per heavy atom. The first-order chi connectivity index (χ1) is 17.1. The van der Waals surface area contributed by atoms with Crippen molar-refractivity contribution >= 4 is 11.8 Å². The highest BCUT2D eigenvalue weighted by Crippen LogP contribution is 2.45. The summed E-state index contributed by atoms with van der Waals surface area (Å²) < 4.78 is 29.0. The van der Waals surface area contributed by atoms with Gasteiger partial charge in [-0.15, -0.1) is 11.8 Å². The molecule has 1 aromatic carbocycles. The first-order valence-corrected chi connectivity index (χ1v) is 12.7. The molecule has 0 aliphatic carbocycles. The Balaban J connectivity index is 1.42. The minimum absolute atomic E-state index is 0.0345. The van der Waals surface area contributed by atoms with E-state index in [9.17, 15) is 4.39 Å². The second kappa shape index (κ2) is 9.33. The summed E-state index contributed by atoms with van der Waals surface area (Å²) >= 11 is 1.67. The summed E-state index contributed by atoms with van der Waals surface area (Å²) in [6, 6.07) is 9.49. The zero-order valence-electron chi connectivity index (χ0n) is 21.0. The molecule has 0 spiro atoms. The monoisotopic (exact) mass is 508 g/mol. The smallest absolute Gasteiger partial charge is 0.219 e. The lowest BCUT2D eigenvalue weighted by molar-refractivity contribution is -0.0739. The largest absolute Gasteiger partial charge is 0.439 e. The second-order valence-corrected chi connectivity index (χ2v) is 11.1. The maximum absolute atomic E-state index is 13.2. The topological polar surface area (TPSA) is 79.9 Å². The number of aryl methyl sites for hydroxylation is 1. The Hall–Kier alpha value is -3.24. The van der Waals surface area contributed by atoms with E-state index in [0.29, 0.717) is 23.2 Å². The summed E-state index contributed by atoms with van der Waals surface area (Å²) in [4.78, 5) is 10.4. The van der Waals surface area contributed by atoms with Gasteiger partial charge in [-0.05, 0) is 58.0 Å². The van der Waals surface area contributed by atoms with Gasteiger partial charge in [-0.2, -0.15) is 10.2 Å². The van der Waals surface area contributed by atoms with E-state index in [1.807, 2.05) is 30.2 Å². The van der Waals surface area contributed by atoms with Gasteiger partial charge in [-0.25, -0.2) is 19.0 Å². The molecule has 0 saturated carbocycles. The lowest BCUT2D eigenvalue weighted by Gasteiger charge is -2.27. The third kappa shape index (κ3) is 5.29. The molecule has 8 nitrogen and oxygen atoms in total. The van der Waals surface area contributed by atoms with Crippen molar-refractivity contribution in [3.63, 3.8) is 0 Å². The van der Waals surface area contributed by atoms with E-state index in [2.05, 4.69) is 37.8 Å². The van der Waals surface area contributed by atoms with Gasteiger partial charge in [0.25, 0.3) is 0 Å². The minimum Gasteiger partial charge on any atom is -0.439 e. The van der Waals surface area contributed by atoms with Crippen molar-refractivity contribution in [1.82, 2.24) is 29.5 Å². The first-order valence-electron chi connectivity index (χ1n) is 11.7. The van der Waals surface area contributed by atoms with E-state index in [4.69, 9.17) is 19.6 Å². The van der Waals surface area contributed by atoms with E-state index in [0.717, 1.165) is 22.7 Å². The first kappa shape index (κ1) is 24.5. The molecule has 188 valence electrons. The molecule has 4 heterocycles. The molecule has 1 aliphatic rings.